The lowest BCUT2D eigenvalue weighted by molar-refractivity contribution is 0.671. The van der Waals surface area contributed by atoms with Gasteiger partial charge in [0, 0.05) is 13.0 Å². The Morgan fingerprint density at radius 3 is 2.64 bits per heavy atom. The van der Waals surface area contributed by atoms with Crippen molar-refractivity contribution in [1.29, 1.82) is 5.26 Å². The molecule has 0 N–H and O–H groups in total. The van der Waals surface area contributed by atoms with Gasteiger partial charge in [-0.25, -0.2) is 4.98 Å². The molecule has 0 aromatic carbocycles. The van der Waals surface area contributed by atoms with Gasteiger partial charge in [0.15, 0.2) is 0 Å². The molecule has 0 aliphatic rings. The van der Waals surface area contributed by atoms with Crippen molar-refractivity contribution in [3.8, 4) is 6.07 Å². The van der Waals surface area contributed by atoms with Gasteiger partial charge in [-0.15, -0.1) is 0 Å². The van der Waals surface area contributed by atoms with Gasteiger partial charge in [0.25, 0.3) is 0 Å². The van der Waals surface area contributed by atoms with Gasteiger partial charge in [0.1, 0.15) is 11.0 Å². The number of hydrogen-bond acceptors (Lipinski definition) is 2. The number of hydrogen-bond donors (Lipinski definition) is 0. The molecule has 3 nitrogen and oxygen atoms in total. The molecule has 1 aromatic heterocycles. The monoisotopic (exact) mass is 211 g/mol. The van der Waals surface area contributed by atoms with E-state index in [-0.39, 0.29) is 0 Å². The smallest absolute Gasteiger partial charge is 0.132 e. The van der Waals surface area contributed by atoms with Crippen LogP contribution in [-0.2, 0) is 19.4 Å². The Balaban J connectivity index is 2.99. The van der Waals surface area contributed by atoms with Crippen LogP contribution in [0.4, 0.5) is 0 Å². The van der Waals surface area contributed by atoms with Gasteiger partial charge in [-0.3, -0.25) is 0 Å². The third-order valence-electron chi connectivity index (χ3n) is 2.15. The first-order valence-electron chi connectivity index (χ1n) is 4.85. The van der Waals surface area contributed by atoms with Gasteiger partial charge in [0.05, 0.1) is 18.2 Å². The van der Waals surface area contributed by atoms with Crippen LogP contribution in [0.3, 0.4) is 0 Å². The second kappa shape index (κ2) is 5.02. The van der Waals surface area contributed by atoms with Crippen molar-refractivity contribution in [3.05, 3.63) is 16.7 Å². The largest absolute Gasteiger partial charge is 0.318 e. The summed E-state index contributed by atoms with van der Waals surface area (Å²) in [5.74, 6) is 0.974. The number of halogens is 1. The van der Waals surface area contributed by atoms with Crippen LogP contribution >= 0.6 is 11.6 Å². The summed E-state index contributed by atoms with van der Waals surface area (Å²) in [7, 11) is 0. The number of rotatable bonds is 4. The van der Waals surface area contributed by atoms with Crippen molar-refractivity contribution >= 4 is 11.6 Å². The van der Waals surface area contributed by atoms with Crippen molar-refractivity contribution < 1.29 is 0 Å². The molecule has 14 heavy (non-hydrogen) atoms. The van der Waals surface area contributed by atoms with E-state index in [1.807, 2.05) is 18.4 Å². The molecule has 0 aliphatic heterocycles. The number of aromatic nitrogens is 2. The zero-order chi connectivity index (χ0) is 10.6. The number of imidazole rings is 1. The van der Waals surface area contributed by atoms with Gasteiger partial charge in [-0.05, 0) is 6.42 Å². The third kappa shape index (κ3) is 2.08. The Bertz CT molecular complexity index is 349. The number of aryl methyl sites for hydroxylation is 2. The Morgan fingerprint density at radius 2 is 2.14 bits per heavy atom. The fraction of sp³-hybridized carbons (Fsp3) is 0.600. The van der Waals surface area contributed by atoms with E-state index in [4.69, 9.17) is 16.9 Å². The van der Waals surface area contributed by atoms with Gasteiger partial charge in [-0.1, -0.05) is 25.4 Å². The molecule has 0 bridgehead atoms. The summed E-state index contributed by atoms with van der Waals surface area (Å²) in [6, 6.07) is 2.11. The molecule has 0 saturated heterocycles. The molecule has 0 spiro atoms. The minimum absolute atomic E-state index is 0.478. The van der Waals surface area contributed by atoms with Crippen molar-refractivity contribution in [2.24, 2.45) is 0 Å². The van der Waals surface area contributed by atoms with E-state index in [1.54, 1.807) is 0 Å². The highest BCUT2D eigenvalue weighted by Crippen LogP contribution is 2.19. The van der Waals surface area contributed by atoms with E-state index in [1.165, 1.54) is 0 Å². The predicted octanol–water partition coefficient (Wildman–Crippen LogP) is 2.57. The number of nitrogens with zero attached hydrogens (tertiary/aromatic N) is 3. The van der Waals surface area contributed by atoms with Crippen LogP contribution < -0.4 is 0 Å². The molecule has 4 heteroatoms. The second-order valence-corrected chi connectivity index (χ2v) is 3.39. The lowest BCUT2D eigenvalue weighted by Crippen LogP contribution is -2.02. The summed E-state index contributed by atoms with van der Waals surface area (Å²) in [6.45, 7) is 4.72. The van der Waals surface area contributed by atoms with Crippen molar-refractivity contribution in [3.63, 3.8) is 0 Å². The predicted molar refractivity (Wildman–Crippen MR) is 56.2 cm³/mol. The fourth-order valence-electron chi connectivity index (χ4n) is 1.42. The van der Waals surface area contributed by atoms with Crippen LogP contribution in [0.5, 0.6) is 0 Å². The lowest BCUT2D eigenvalue weighted by atomic mass is 10.4. The molecule has 0 aliphatic carbocycles. The SMILES string of the molecule is CCc1nc(CC)n(CCC#N)c1Cl. The topological polar surface area (TPSA) is 41.6 Å². The molecule has 0 radical (unpaired) electrons. The van der Waals surface area contributed by atoms with Crippen molar-refractivity contribution in [2.45, 2.75) is 39.7 Å². The molecular formula is C10H14ClN3. The second-order valence-electron chi connectivity index (χ2n) is 3.03. The minimum atomic E-state index is 0.478. The molecule has 1 heterocycles. The number of nitriles is 1. The average Bonchev–Trinajstić information content (AvgIpc) is 2.52. The van der Waals surface area contributed by atoms with E-state index >= 15 is 0 Å². The zero-order valence-electron chi connectivity index (χ0n) is 8.55. The first kappa shape index (κ1) is 11.1. The van der Waals surface area contributed by atoms with Gasteiger partial charge in [0.2, 0.25) is 0 Å². The highest BCUT2D eigenvalue weighted by atomic mass is 35.5. The van der Waals surface area contributed by atoms with E-state index in [0.717, 1.165) is 24.4 Å². The maximum absolute atomic E-state index is 8.52. The molecule has 1 rings (SSSR count). The van der Waals surface area contributed by atoms with Crippen molar-refractivity contribution in [2.75, 3.05) is 0 Å². The van der Waals surface area contributed by atoms with Crippen LogP contribution in [0.1, 0.15) is 31.8 Å². The molecule has 0 atom stereocenters. The first-order valence-corrected chi connectivity index (χ1v) is 5.23. The van der Waals surface area contributed by atoms with Crippen LogP contribution in [0.2, 0.25) is 5.15 Å². The van der Waals surface area contributed by atoms with Crippen LogP contribution in [0.25, 0.3) is 0 Å². The van der Waals surface area contributed by atoms with E-state index in [9.17, 15) is 0 Å². The highest BCUT2D eigenvalue weighted by Gasteiger charge is 2.11. The molecule has 0 unspecified atom stereocenters. The Kier molecular flexibility index (Phi) is 3.97. The average molecular weight is 212 g/mol. The maximum Gasteiger partial charge on any atom is 0.132 e. The first-order chi connectivity index (χ1) is 6.74. The van der Waals surface area contributed by atoms with Gasteiger partial charge < -0.3 is 4.57 Å². The Morgan fingerprint density at radius 1 is 1.43 bits per heavy atom. The molecular weight excluding hydrogens is 198 g/mol. The minimum Gasteiger partial charge on any atom is -0.318 e. The van der Waals surface area contributed by atoms with Crippen LogP contribution in [0, 0.1) is 11.3 Å². The van der Waals surface area contributed by atoms with E-state index in [2.05, 4.69) is 11.1 Å². The molecule has 0 fully saturated rings. The van der Waals surface area contributed by atoms with E-state index in [0.29, 0.717) is 18.1 Å². The Labute approximate surface area is 89.3 Å². The summed E-state index contributed by atoms with van der Waals surface area (Å²) in [5, 5.41) is 9.21. The quantitative estimate of drug-likeness (QED) is 0.768. The molecule has 1 aromatic rings. The summed E-state index contributed by atoms with van der Waals surface area (Å²) >= 11 is 6.14. The van der Waals surface area contributed by atoms with Gasteiger partial charge in [-0.2, -0.15) is 5.26 Å². The van der Waals surface area contributed by atoms with Crippen LogP contribution in [0.15, 0.2) is 0 Å². The maximum atomic E-state index is 8.52. The standard InChI is InChI=1S/C10H14ClN3/c1-3-8-10(11)14(7-5-6-12)9(4-2)13-8/h3-5,7H2,1-2H3. The highest BCUT2D eigenvalue weighted by molar-refractivity contribution is 6.30. The van der Waals surface area contributed by atoms with Gasteiger partial charge >= 0.3 is 0 Å². The summed E-state index contributed by atoms with van der Waals surface area (Å²) < 4.78 is 1.93. The lowest BCUT2D eigenvalue weighted by Gasteiger charge is -2.04. The fourth-order valence-corrected chi connectivity index (χ4v) is 1.77. The van der Waals surface area contributed by atoms with Crippen molar-refractivity contribution in [1.82, 2.24) is 9.55 Å². The zero-order valence-corrected chi connectivity index (χ0v) is 9.30. The third-order valence-corrected chi connectivity index (χ3v) is 2.57. The molecule has 0 saturated carbocycles. The van der Waals surface area contributed by atoms with Crippen LogP contribution in [-0.4, -0.2) is 9.55 Å². The Hall–Kier alpha value is -1.01. The normalized spacial score (nSPS) is 10.1. The molecule has 0 amide bonds. The van der Waals surface area contributed by atoms with E-state index < -0.39 is 0 Å². The summed E-state index contributed by atoms with van der Waals surface area (Å²) in [4.78, 5) is 4.42. The summed E-state index contributed by atoms with van der Waals surface area (Å²) in [6.07, 6.45) is 2.17. The summed E-state index contributed by atoms with van der Waals surface area (Å²) in [5.41, 5.74) is 0.932. The molecule has 76 valence electrons.